The molecule has 238 valence electrons. The summed E-state index contributed by atoms with van der Waals surface area (Å²) in [6, 6.07) is 7.77. The predicted octanol–water partition coefficient (Wildman–Crippen LogP) is 7.72. The minimum Gasteiger partial charge on any atom is -0.493 e. The summed E-state index contributed by atoms with van der Waals surface area (Å²) in [4.78, 5) is 27.2. The number of aromatic amines is 1. The van der Waals surface area contributed by atoms with Crippen LogP contribution in [-0.2, 0) is 13.0 Å². The van der Waals surface area contributed by atoms with Gasteiger partial charge in [0.2, 0.25) is 0 Å². The molecule has 2 amide bonds. The Balaban J connectivity index is 1.38. The summed E-state index contributed by atoms with van der Waals surface area (Å²) in [7, 11) is 2.50. The molecule has 2 aromatic heterocycles. The lowest BCUT2D eigenvalue weighted by Gasteiger charge is -2.37. The molecule has 2 aromatic carbocycles. The second-order valence-electron chi connectivity index (χ2n) is 11.8. The van der Waals surface area contributed by atoms with Gasteiger partial charge in [0.15, 0.2) is 23.1 Å². The Morgan fingerprint density at radius 3 is 2.40 bits per heavy atom. The summed E-state index contributed by atoms with van der Waals surface area (Å²) in [6.07, 6.45) is 8.61. The second kappa shape index (κ2) is 13.0. The number of rotatable bonds is 9. The number of H-pyrrole nitrogens is 1. The molecule has 0 radical (unpaired) electrons. The maximum Gasteiger partial charge on any atom is 0.334 e. The Morgan fingerprint density at radius 1 is 0.978 bits per heavy atom. The normalized spacial score (nSPS) is 17.5. The third-order valence-electron chi connectivity index (χ3n) is 8.98. The summed E-state index contributed by atoms with van der Waals surface area (Å²) in [5.41, 5.74) is 2.39. The second-order valence-corrected chi connectivity index (χ2v) is 11.8. The largest absolute Gasteiger partial charge is 0.493 e. The van der Waals surface area contributed by atoms with Crippen LogP contribution >= 0.6 is 0 Å². The van der Waals surface area contributed by atoms with E-state index in [2.05, 4.69) is 21.8 Å². The van der Waals surface area contributed by atoms with Crippen LogP contribution in [0, 0.1) is 23.4 Å². The highest BCUT2D eigenvalue weighted by Crippen LogP contribution is 2.44. The molecule has 1 N–H and O–H groups in total. The molecule has 2 aliphatic rings. The van der Waals surface area contributed by atoms with E-state index in [1.807, 2.05) is 6.07 Å². The van der Waals surface area contributed by atoms with Gasteiger partial charge >= 0.3 is 6.03 Å². The quantitative estimate of drug-likeness (QED) is 0.207. The number of hydrogen-bond donors (Lipinski definition) is 1. The number of fused-ring (bicyclic) bond motifs is 3. The standard InChI is InChI=1S/C34H38F3N5O3/c1-4-6-21-7-5-14-40(15-12-21)16-13-24-17-26-31-22(19-38-33(26)39-24)20-41(34(43)42(31)25-10-8-23(35)9-11-25)32-29(36)27(44-2)18-28(45-3)30(32)37/h8-11,17-19,21H,4-7,12-16,20H2,1-3H3,(H,38,39). The molecule has 1 fully saturated rings. The lowest BCUT2D eigenvalue weighted by atomic mass is 9.96. The Bertz CT molecular complexity index is 1660. The first-order valence-corrected chi connectivity index (χ1v) is 15.5. The number of amides is 2. The molecule has 4 heterocycles. The van der Waals surface area contributed by atoms with Crippen molar-refractivity contribution in [2.24, 2.45) is 5.92 Å². The highest BCUT2D eigenvalue weighted by atomic mass is 19.1. The van der Waals surface area contributed by atoms with Crippen LogP contribution in [0.3, 0.4) is 0 Å². The average Bonchev–Trinajstić information content (AvgIpc) is 3.33. The number of anilines is 3. The lowest BCUT2D eigenvalue weighted by molar-refractivity contribution is 0.251. The van der Waals surface area contributed by atoms with E-state index in [0.29, 0.717) is 28.0 Å². The zero-order chi connectivity index (χ0) is 31.7. The van der Waals surface area contributed by atoms with Crippen molar-refractivity contribution in [1.29, 1.82) is 0 Å². The number of carbonyl (C=O) groups excluding carboxylic acids is 1. The Morgan fingerprint density at radius 2 is 1.71 bits per heavy atom. The first-order chi connectivity index (χ1) is 21.8. The first kappa shape index (κ1) is 30.8. The number of carbonyl (C=O) groups is 1. The van der Waals surface area contributed by atoms with Gasteiger partial charge in [-0.15, -0.1) is 0 Å². The van der Waals surface area contributed by atoms with Crippen molar-refractivity contribution in [3.8, 4) is 11.5 Å². The van der Waals surface area contributed by atoms with Gasteiger partial charge in [-0.2, -0.15) is 0 Å². The van der Waals surface area contributed by atoms with Gasteiger partial charge < -0.3 is 19.4 Å². The lowest BCUT2D eigenvalue weighted by Crippen LogP contribution is -2.46. The minimum absolute atomic E-state index is 0.161. The van der Waals surface area contributed by atoms with Crippen molar-refractivity contribution < 1.29 is 27.4 Å². The molecule has 6 rings (SSSR count). The number of hydrogen-bond acceptors (Lipinski definition) is 5. The Labute approximate surface area is 260 Å². The van der Waals surface area contributed by atoms with Gasteiger partial charge in [0, 0.05) is 41.9 Å². The number of likely N-dealkylation sites (tertiary alicyclic amines) is 1. The molecule has 1 atom stereocenters. The predicted molar refractivity (Wildman–Crippen MR) is 168 cm³/mol. The van der Waals surface area contributed by atoms with Gasteiger partial charge in [-0.25, -0.2) is 22.9 Å². The molecule has 0 bridgehead atoms. The minimum atomic E-state index is -1.04. The van der Waals surface area contributed by atoms with Crippen molar-refractivity contribution in [3.05, 3.63) is 71.3 Å². The molecule has 8 nitrogen and oxygen atoms in total. The zero-order valence-electron chi connectivity index (χ0n) is 25.8. The number of aromatic nitrogens is 2. The number of halogens is 3. The maximum absolute atomic E-state index is 15.6. The number of nitrogens with zero attached hydrogens (tertiary/aromatic N) is 4. The Kier molecular flexibility index (Phi) is 8.89. The molecule has 1 unspecified atom stereocenters. The van der Waals surface area contributed by atoms with E-state index in [1.54, 1.807) is 6.20 Å². The van der Waals surface area contributed by atoms with Gasteiger partial charge in [0.25, 0.3) is 0 Å². The molecule has 0 aliphatic carbocycles. The number of benzene rings is 2. The van der Waals surface area contributed by atoms with E-state index in [9.17, 15) is 9.18 Å². The molecule has 0 saturated carbocycles. The van der Waals surface area contributed by atoms with Crippen LogP contribution in [0.2, 0.25) is 0 Å². The smallest absolute Gasteiger partial charge is 0.334 e. The highest BCUT2D eigenvalue weighted by Gasteiger charge is 2.38. The zero-order valence-corrected chi connectivity index (χ0v) is 25.8. The fourth-order valence-electron chi connectivity index (χ4n) is 6.66. The van der Waals surface area contributed by atoms with Crippen LogP contribution < -0.4 is 19.3 Å². The van der Waals surface area contributed by atoms with Crippen molar-refractivity contribution in [2.45, 2.75) is 52.0 Å². The number of pyridine rings is 1. The van der Waals surface area contributed by atoms with E-state index >= 15 is 8.78 Å². The highest BCUT2D eigenvalue weighted by molar-refractivity contribution is 6.15. The van der Waals surface area contributed by atoms with Crippen LogP contribution in [0.15, 0.2) is 42.6 Å². The van der Waals surface area contributed by atoms with E-state index in [4.69, 9.17) is 9.47 Å². The summed E-state index contributed by atoms with van der Waals surface area (Å²) in [5, 5.41) is 0.697. The van der Waals surface area contributed by atoms with Crippen LogP contribution in [0.4, 0.5) is 35.0 Å². The number of methoxy groups -OCH3 is 2. The van der Waals surface area contributed by atoms with E-state index in [1.165, 1.54) is 75.5 Å². The van der Waals surface area contributed by atoms with Gasteiger partial charge in [-0.05, 0) is 68.6 Å². The van der Waals surface area contributed by atoms with Crippen molar-refractivity contribution >= 4 is 34.1 Å². The Hall–Kier alpha value is -4.25. The van der Waals surface area contributed by atoms with Crippen LogP contribution in [0.5, 0.6) is 11.5 Å². The maximum atomic E-state index is 15.6. The molecule has 2 aliphatic heterocycles. The molecule has 11 heteroatoms. The SMILES string of the molecule is CCCC1CCCN(CCc2cc3c4c(cnc3[nH]2)CN(c2c(F)c(OC)cc(OC)c2F)C(=O)N4c2ccc(F)cc2)CC1. The van der Waals surface area contributed by atoms with Crippen LogP contribution in [0.25, 0.3) is 11.0 Å². The van der Waals surface area contributed by atoms with Crippen molar-refractivity contribution in [1.82, 2.24) is 14.9 Å². The molecular formula is C34H38F3N5O3. The molecule has 0 spiro atoms. The van der Waals surface area contributed by atoms with Gasteiger partial charge in [0.05, 0.1) is 32.1 Å². The van der Waals surface area contributed by atoms with Gasteiger partial charge in [0.1, 0.15) is 17.2 Å². The fourth-order valence-corrected chi connectivity index (χ4v) is 6.66. The summed E-state index contributed by atoms with van der Waals surface area (Å²) >= 11 is 0. The van der Waals surface area contributed by atoms with E-state index in [-0.39, 0.29) is 18.0 Å². The van der Waals surface area contributed by atoms with Gasteiger partial charge in [-0.1, -0.05) is 19.8 Å². The molecule has 4 aromatic rings. The number of nitrogens with one attached hydrogen (secondary N) is 1. The molecule has 1 saturated heterocycles. The third kappa shape index (κ3) is 5.93. The topological polar surface area (TPSA) is 73.9 Å². The fraction of sp³-hybridized carbons (Fsp3) is 0.412. The summed E-state index contributed by atoms with van der Waals surface area (Å²) in [6.45, 7) is 5.16. The van der Waals surface area contributed by atoms with E-state index < -0.39 is 29.2 Å². The number of urea groups is 1. The number of ether oxygens (including phenoxy) is 2. The van der Waals surface area contributed by atoms with Crippen LogP contribution in [0.1, 0.15) is 50.3 Å². The summed E-state index contributed by atoms with van der Waals surface area (Å²) < 4.78 is 55.5. The van der Waals surface area contributed by atoms with Gasteiger partial charge in [-0.3, -0.25) is 9.80 Å². The third-order valence-corrected chi connectivity index (χ3v) is 8.98. The molecular weight excluding hydrogens is 583 g/mol. The average molecular weight is 622 g/mol. The molecule has 45 heavy (non-hydrogen) atoms. The van der Waals surface area contributed by atoms with Crippen LogP contribution in [-0.4, -0.2) is 54.8 Å². The first-order valence-electron chi connectivity index (χ1n) is 15.5. The van der Waals surface area contributed by atoms with Crippen molar-refractivity contribution in [2.75, 3.05) is 43.7 Å². The van der Waals surface area contributed by atoms with Crippen molar-refractivity contribution in [3.63, 3.8) is 0 Å². The van der Waals surface area contributed by atoms with E-state index in [0.717, 1.165) is 48.6 Å². The summed E-state index contributed by atoms with van der Waals surface area (Å²) in [5.74, 6) is -2.31. The monoisotopic (exact) mass is 621 g/mol.